The number of benzene rings is 1. The zero-order valence-corrected chi connectivity index (χ0v) is 15.7. The maximum atomic E-state index is 6.10. The second-order valence-electron chi connectivity index (χ2n) is 6.48. The van der Waals surface area contributed by atoms with Crippen LogP contribution >= 0.6 is 11.6 Å². The van der Waals surface area contributed by atoms with Gasteiger partial charge in [0.1, 0.15) is 17.7 Å². The van der Waals surface area contributed by atoms with E-state index in [1.54, 1.807) is 6.20 Å². The van der Waals surface area contributed by atoms with Crippen LogP contribution in [0.25, 0.3) is 0 Å². The lowest BCUT2D eigenvalue weighted by atomic mass is 10.2. The highest BCUT2D eigenvalue weighted by atomic mass is 35.5. The summed E-state index contributed by atoms with van der Waals surface area (Å²) in [4.78, 5) is 9.76. The molecule has 1 aromatic carbocycles. The van der Waals surface area contributed by atoms with Crippen LogP contribution < -0.4 is 4.74 Å². The van der Waals surface area contributed by atoms with Crippen LogP contribution in [0.2, 0.25) is 5.02 Å². The van der Waals surface area contributed by atoms with Gasteiger partial charge in [-0.2, -0.15) is 5.10 Å². The van der Waals surface area contributed by atoms with Gasteiger partial charge in [0.05, 0.1) is 30.5 Å². The van der Waals surface area contributed by atoms with E-state index in [1.807, 2.05) is 30.5 Å². The topological polar surface area (TPSA) is 79.1 Å². The van der Waals surface area contributed by atoms with Crippen molar-refractivity contribution in [2.75, 3.05) is 26.3 Å². The van der Waals surface area contributed by atoms with Crippen LogP contribution in [0.3, 0.4) is 0 Å². The van der Waals surface area contributed by atoms with E-state index in [-0.39, 0.29) is 6.10 Å². The molecule has 3 heterocycles. The highest BCUT2D eigenvalue weighted by Crippen LogP contribution is 2.24. The maximum Gasteiger partial charge on any atom is 0.137 e. The lowest BCUT2D eigenvalue weighted by Gasteiger charge is -2.31. The molecule has 1 fully saturated rings. The summed E-state index contributed by atoms with van der Waals surface area (Å²) in [5, 5.41) is 8.14. The van der Waals surface area contributed by atoms with Crippen molar-refractivity contribution in [3.63, 3.8) is 0 Å². The average Bonchev–Trinajstić information content (AvgIpc) is 3.36. The molecule has 3 aromatic rings. The van der Waals surface area contributed by atoms with E-state index in [4.69, 9.17) is 21.1 Å². The zero-order chi connectivity index (χ0) is 18.5. The van der Waals surface area contributed by atoms with Crippen molar-refractivity contribution in [1.82, 2.24) is 25.1 Å². The van der Waals surface area contributed by atoms with E-state index >= 15 is 0 Å². The molecule has 0 radical (unpaired) electrons. The predicted octanol–water partition coefficient (Wildman–Crippen LogP) is 2.98. The van der Waals surface area contributed by atoms with Crippen molar-refractivity contribution in [2.24, 2.45) is 0 Å². The Morgan fingerprint density at radius 2 is 2.26 bits per heavy atom. The number of aromatic amines is 2. The van der Waals surface area contributed by atoms with E-state index in [2.05, 4.69) is 31.1 Å². The number of hydrogen-bond acceptors (Lipinski definition) is 5. The molecule has 1 aliphatic rings. The predicted molar refractivity (Wildman–Crippen MR) is 102 cm³/mol. The van der Waals surface area contributed by atoms with Crippen LogP contribution in [0.1, 0.15) is 23.3 Å². The molecule has 2 aromatic heterocycles. The summed E-state index contributed by atoms with van der Waals surface area (Å²) in [7, 11) is 0. The Morgan fingerprint density at radius 1 is 1.33 bits per heavy atom. The Balaban J connectivity index is 1.30. The quantitative estimate of drug-likeness (QED) is 0.651. The fourth-order valence-corrected chi connectivity index (χ4v) is 3.32. The first kappa shape index (κ1) is 18.0. The van der Waals surface area contributed by atoms with Crippen molar-refractivity contribution in [1.29, 1.82) is 0 Å². The highest BCUT2D eigenvalue weighted by Gasteiger charge is 2.24. The second-order valence-corrected chi connectivity index (χ2v) is 6.88. The molecule has 7 nitrogen and oxygen atoms in total. The fourth-order valence-electron chi connectivity index (χ4n) is 3.13. The number of imidazole rings is 1. The van der Waals surface area contributed by atoms with Crippen molar-refractivity contribution < 1.29 is 9.47 Å². The molecule has 4 rings (SSSR count). The smallest absolute Gasteiger partial charge is 0.137 e. The summed E-state index contributed by atoms with van der Waals surface area (Å²) in [6.07, 6.45) is 4.31. The van der Waals surface area contributed by atoms with Gasteiger partial charge in [0.25, 0.3) is 0 Å². The molecule has 8 heteroatoms. The number of halogens is 1. The Kier molecular flexibility index (Phi) is 5.72. The van der Waals surface area contributed by atoms with Crippen LogP contribution in [0.5, 0.6) is 5.75 Å². The number of nitrogens with zero attached hydrogens (tertiary/aromatic N) is 3. The summed E-state index contributed by atoms with van der Waals surface area (Å²) < 4.78 is 11.7. The minimum absolute atomic E-state index is 0.0387. The Hall–Kier alpha value is -2.35. The van der Waals surface area contributed by atoms with Gasteiger partial charge in [0, 0.05) is 37.6 Å². The number of H-pyrrole nitrogens is 2. The summed E-state index contributed by atoms with van der Waals surface area (Å²) in [5.74, 6) is 1.66. The van der Waals surface area contributed by atoms with Gasteiger partial charge in [-0.3, -0.25) is 10.00 Å². The maximum absolute atomic E-state index is 6.10. The lowest BCUT2D eigenvalue weighted by molar-refractivity contribution is -0.0356. The van der Waals surface area contributed by atoms with Gasteiger partial charge in [0.2, 0.25) is 0 Å². The van der Waals surface area contributed by atoms with Gasteiger partial charge < -0.3 is 14.5 Å². The Morgan fingerprint density at radius 3 is 3.11 bits per heavy atom. The number of rotatable bonds is 7. The fraction of sp³-hybridized carbons (Fsp3) is 0.368. The van der Waals surface area contributed by atoms with E-state index in [0.717, 1.165) is 43.3 Å². The van der Waals surface area contributed by atoms with Gasteiger partial charge in [0.15, 0.2) is 0 Å². The monoisotopic (exact) mass is 387 g/mol. The first-order chi connectivity index (χ1) is 13.3. The van der Waals surface area contributed by atoms with Gasteiger partial charge in [-0.1, -0.05) is 23.7 Å². The molecular weight excluding hydrogens is 366 g/mol. The average molecular weight is 388 g/mol. The number of aromatic nitrogens is 4. The molecule has 1 saturated heterocycles. The third kappa shape index (κ3) is 4.68. The van der Waals surface area contributed by atoms with E-state index in [0.29, 0.717) is 24.0 Å². The van der Waals surface area contributed by atoms with Crippen molar-refractivity contribution in [3.8, 4) is 5.75 Å². The molecule has 0 saturated carbocycles. The Labute approximate surface area is 162 Å². The Bertz CT molecular complexity index is 851. The highest BCUT2D eigenvalue weighted by molar-refractivity contribution is 6.32. The molecule has 27 heavy (non-hydrogen) atoms. The van der Waals surface area contributed by atoms with Crippen LogP contribution in [-0.2, 0) is 17.7 Å². The zero-order valence-electron chi connectivity index (χ0n) is 14.9. The minimum Gasteiger partial charge on any atom is -0.492 e. The first-order valence-electron chi connectivity index (χ1n) is 9.01. The van der Waals surface area contributed by atoms with Gasteiger partial charge in [-0.15, -0.1) is 0 Å². The van der Waals surface area contributed by atoms with Crippen LogP contribution in [0, 0.1) is 0 Å². The van der Waals surface area contributed by atoms with E-state index in [1.165, 1.54) is 0 Å². The third-order valence-corrected chi connectivity index (χ3v) is 4.84. The number of ether oxygens (including phenoxy) is 2. The second kappa shape index (κ2) is 8.56. The molecule has 1 aliphatic heterocycles. The van der Waals surface area contributed by atoms with Crippen LogP contribution in [-0.4, -0.2) is 51.4 Å². The summed E-state index contributed by atoms with van der Waals surface area (Å²) in [6, 6.07) is 9.53. The van der Waals surface area contributed by atoms with Crippen LogP contribution in [0.4, 0.5) is 0 Å². The standard InChI is InChI=1S/C19H22ClN5O2/c20-15-3-1-2-4-17(15)26-9-5-14-11-16(24-23-14)18-12-25(8-10-27-18)13-19-21-6-7-22-19/h1-4,6-7,11,18H,5,8-10,12-13H2,(H,21,22)(H,23,24)/t18-/m0/s1. The normalized spacial score (nSPS) is 17.9. The number of morpholine rings is 1. The number of hydrogen-bond donors (Lipinski definition) is 2. The molecular formula is C19H22ClN5O2. The number of para-hydroxylation sites is 1. The minimum atomic E-state index is -0.0387. The molecule has 0 unspecified atom stereocenters. The lowest BCUT2D eigenvalue weighted by Crippen LogP contribution is -2.38. The third-order valence-electron chi connectivity index (χ3n) is 4.53. The molecule has 2 N–H and O–H groups in total. The van der Waals surface area contributed by atoms with Gasteiger partial charge in [-0.25, -0.2) is 4.98 Å². The summed E-state index contributed by atoms with van der Waals surface area (Å²) in [5.41, 5.74) is 1.94. The van der Waals surface area contributed by atoms with Crippen molar-refractivity contribution >= 4 is 11.6 Å². The molecule has 1 atom stereocenters. The summed E-state index contributed by atoms with van der Waals surface area (Å²) >= 11 is 6.10. The molecule has 142 valence electrons. The van der Waals surface area contributed by atoms with Crippen molar-refractivity contribution in [2.45, 2.75) is 19.1 Å². The first-order valence-corrected chi connectivity index (χ1v) is 9.39. The summed E-state index contributed by atoms with van der Waals surface area (Å²) in [6.45, 7) is 3.68. The number of nitrogens with one attached hydrogen (secondary N) is 2. The SMILES string of the molecule is Clc1ccccc1OCCc1cc([C@@H]2CN(Cc3ncc[nH]3)CCO2)n[nH]1. The van der Waals surface area contributed by atoms with Gasteiger partial charge in [-0.05, 0) is 18.2 Å². The van der Waals surface area contributed by atoms with E-state index < -0.39 is 0 Å². The molecule has 0 aliphatic carbocycles. The largest absolute Gasteiger partial charge is 0.492 e. The molecule has 0 amide bonds. The molecule has 0 bridgehead atoms. The van der Waals surface area contributed by atoms with E-state index in [9.17, 15) is 0 Å². The molecule has 0 spiro atoms. The van der Waals surface area contributed by atoms with Gasteiger partial charge >= 0.3 is 0 Å². The van der Waals surface area contributed by atoms with Crippen molar-refractivity contribution in [3.05, 3.63) is 65.0 Å². The van der Waals surface area contributed by atoms with Crippen LogP contribution in [0.15, 0.2) is 42.7 Å².